The van der Waals surface area contributed by atoms with Gasteiger partial charge in [-0.05, 0) is 37.8 Å². The van der Waals surface area contributed by atoms with Crippen LogP contribution in [0.25, 0.3) is 0 Å². The van der Waals surface area contributed by atoms with Gasteiger partial charge in [0.15, 0.2) is 0 Å². The van der Waals surface area contributed by atoms with E-state index in [0.717, 1.165) is 18.0 Å². The average molecular weight is 303 g/mol. The van der Waals surface area contributed by atoms with Gasteiger partial charge in [-0.15, -0.1) is 0 Å². The van der Waals surface area contributed by atoms with Gasteiger partial charge in [0, 0.05) is 11.1 Å². The molecule has 0 saturated heterocycles. The van der Waals surface area contributed by atoms with Crippen LogP contribution in [-0.2, 0) is 4.79 Å². The zero-order valence-corrected chi connectivity index (χ0v) is 15.1. The molecule has 1 aromatic carbocycles. The molecule has 2 heteroatoms. The van der Waals surface area contributed by atoms with Crippen LogP contribution in [0.1, 0.15) is 60.8 Å². The molecule has 124 valence electrons. The smallest absolute Gasteiger partial charge is 0.230 e. The van der Waals surface area contributed by atoms with E-state index < -0.39 is 0 Å². The second-order valence-corrected chi connectivity index (χ2v) is 6.38. The van der Waals surface area contributed by atoms with Crippen LogP contribution in [0.15, 0.2) is 42.5 Å². The molecule has 1 rings (SSSR count). The van der Waals surface area contributed by atoms with Crippen molar-refractivity contribution in [1.82, 2.24) is 0 Å². The Morgan fingerprint density at radius 2 is 1.82 bits per heavy atom. The molecule has 2 nitrogen and oxygen atoms in total. The fraction of sp³-hybridized carbons (Fsp3) is 0.550. The summed E-state index contributed by atoms with van der Waals surface area (Å²) in [6.45, 7) is 12.5. The zero-order chi connectivity index (χ0) is 17.0. The summed E-state index contributed by atoms with van der Waals surface area (Å²) in [6.07, 6.45) is 7.73. The summed E-state index contributed by atoms with van der Waals surface area (Å²) < 4.78 is 0. The van der Waals surface area contributed by atoms with Crippen molar-refractivity contribution in [3.63, 3.8) is 0 Å². The van der Waals surface area contributed by atoms with Crippen molar-refractivity contribution in [1.29, 1.82) is 0 Å². The first-order valence-electron chi connectivity index (χ1n) is 8.35. The molecule has 1 unspecified atom stereocenters. The number of benzene rings is 1. The number of rotatable bonds is 6. The largest absolute Gasteiger partial charge is 0.326 e. The number of hydrogen-bond acceptors (Lipinski definition) is 1. The van der Waals surface area contributed by atoms with E-state index in [0.29, 0.717) is 0 Å². The second kappa shape index (κ2) is 11.1. The number of carbonyl (C=O) groups excluding carboxylic acids is 1. The fourth-order valence-corrected chi connectivity index (χ4v) is 1.52. The predicted molar refractivity (Wildman–Crippen MR) is 98.0 cm³/mol. The SMILES string of the molecule is C/C=C\CC(C)CC.CCC(C)(C)C(=O)Nc1ccccc1. The van der Waals surface area contributed by atoms with Gasteiger partial charge in [-0.1, -0.05) is 71.4 Å². The Morgan fingerprint density at radius 3 is 2.27 bits per heavy atom. The van der Waals surface area contributed by atoms with Crippen molar-refractivity contribution in [3.8, 4) is 0 Å². The van der Waals surface area contributed by atoms with Crippen molar-refractivity contribution in [3.05, 3.63) is 42.5 Å². The Balaban J connectivity index is 0.000000472. The maximum Gasteiger partial charge on any atom is 0.230 e. The molecule has 0 saturated carbocycles. The first-order chi connectivity index (χ1) is 10.4. The third-order valence-electron chi connectivity index (χ3n) is 4.00. The highest BCUT2D eigenvalue weighted by atomic mass is 16.2. The highest BCUT2D eigenvalue weighted by Gasteiger charge is 2.24. The normalized spacial score (nSPS) is 12.5. The average Bonchev–Trinajstić information content (AvgIpc) is 2.54. The van der Waals surface area contributed by atoms with Crippen LogP contribution >= 0.6 is 0 Å². The van der Waals surface area contributed by atoms with Crippen LogP contribution in [0, 0.1) is 11.3 Å². The lowest BCUT2D eigenvalue weighted by molar-refractivity contribution is -0.124. The molecular weight excluding hydrogens is 270 g/mol. The monoisotopic (exact) mass is 303 g/mol. The van der Waals surface area contributed by atoms with Crippen molar-refractivity contribution in [2.75, 3.05) is 5.32 Å². The van der Waals surface area contributed by atoms with Crippen molar-refractivity contribution < 1.29 is 4.79 Å². The van der Waals surface area contributed by atoms with Gasteiger partial charge in [-0.2, -0.15) is 0 Å². The summed E-state index contributed by atoms with van der Waals surface area (Å²) in [7, 11) is 0. The van der Waals surface area contributed by atoms with E-state index in [1.165, 1.54) is 12.8 Å². The van der Waals surface area contributed by atoms with E-state index in [1.54, 1.807) is 0 Å². The molecule has 1 amide bonds. The molecule has 1 aromatic rings. The molecule has 0 aliphatic carbocycles. The number of hydrogen-bond donors (Lipinski definition) is 1. The third-order valence-corrected chi connectivity index (χ3v) is 4.00. The Morgan fingerprint density at radius 1 is 1.23 bits per heavy atom. The van der Waals surface area contributed by atoms with Crippen LogP contribution in [-0.4, -0.2) is 5.91 Å². The lowest BCUT2D eigenvalue weighted by Crippen LogP contribution is -2.29. The number of carbonyl (C=O) groups is 1. The van der Waals surface area contributed by atoms with Crippen LogP contribution in [0.5, 0.6) is 0 Å². The topological polar surface area (TPSA) is 29.1 Å². The van der Waals surface area contributed by atoms with Gasteiger partial charge in [-0.25, -0.2) is 0 Å². The lowest BCUT2D eigenvalue weighted by atomic mass is 9.89. The van der Waals surface area contributed by atoms with Gasteiger partial charge in [0.2, 0.25) is 5.91 Å². The first kappa shape index (κ1) is 20.4. The molecular formula is C20H33NO. The molecule has 0 heterocycles. The Kier molecular flexibility index (Phi) is 10.3. The van der Waals surface area contributed by atoms with Gasteiger partial charge in [-0.3, -0.25) is 4.79 Å². The minimum absolute atomic E-state index is 0.0752. The molecule has 0 bridgehead atoms. The van der Waals surface area contributed by atoms with E-state index in [2.05, 4.69) is 38.2 Å². The van der Waals surface area contributed by atoms with Crippen molar-refractivity contribution in [2.45, 2.75) is 60.8 Å². The molecule has 1 atom stereocenters. The van der Waals surface area contributed by atoms with E-state index in [-0.39, 0.29) is 11.3 Å². The van der Waals surface area contributed by atoms with Gasteiger partial charge >= 0.3 is 0 Å². The van der Waals surface area contributed by atoms with E-state index in [4.69, 9.17) is 0 Å². The molecule has 0 spiro atoms. The Labute approximate surface area is 137 Å². The van der Waals surface area contributed by atoms with Crippen LogP contribution in [0.2, 0.25) is 0 Å². The van der Waals surface area contributed by atoms with Crippen molar-refractivity contribution >= 4 is 11.6 Å². The fourth-order valence-electron chi connectivity index (χ4n) is 1.52. The minimum atomic E-state index is -0.296. The number of allylic oxidation sites excluding steroid dienone is 2. The van der Waals surface area contributed by atoms with Crippen LogP contribution < -0.4 is 5.32 Å². The summed E-state index contributed by atoms with van der Waals surface area (Å²) >= 11 is 0. The standard InChI is InChI=1S/C12H17NO.C8H16/c1-4-12(2,3)11(14)13-10-8-6-5-7-9-10;1-4-6-7-8(3)5-2/h5-9H,4H2,1-3H3,(H,13,14);4,6,8H,5,7H2,1-3H3/b;6-4-. The number of amides is 1. The molecule has 0 radical (unpaired) electrons. The highest BCUT2D eigenvalue weighted by molar-refractivity contribution is 5.94. The second-order valence-electron chi connectivity index (χ2n) is 6.38. The molecule has 0 aliphatic rings. The van der Waals surface area contributed by atoms with E-state index in [9.17, 15) is 4.79 Å². The van der Waals surface area contributed by atoms with E-state index >= 15 is 0 Å². The number of anilines is 1. The lowest BCUT2D eigenvalue weighted by Gasteiger charge is -2.21. The number of para-hydroxylation sites is 1. The van der Waals surface area contributed by atoms with Crippen LogP contribution in [0.4, 0.5) is 5.69 Å². The molecule has 0 aliphatic heterocycles. The molecule has 0 fully saturated rings. The quantitative estimate of drug-likeness (QED) is 0.636. The summed E-state index contributed by atoms with van der Waals surface area (Å²) in [5, 5.41) is 2.89. The van der Waals surface area contributed by atoms with Gasteiger partial charge in [0.1, 0.15) is 0 Å². The Bertz CT molecular complexity index is 434. The minimum Gasteiger partial charge on any atom is -0.326 e. The summed E-state index contributed by atoms with van der Waals surface area (Å²) in [5.74, 6) is 0.942. The maximum atomic E-state index is 11.8. The van der Waals surface area contributed by atoms with Gasteiger partial charge in [0.05, 0.1) is 0 Å². The summed E-state index contributed by atoms with van der Waals surface area (Å²) in [5.41, 5.74) is 0.564. The molecule has 22 heavy (non-hydrogen) atoms. The summed E-state index contributed by atoms with van der Waals surface area (Å²) in [4.78, 5) is 11.8. The van der Waals surface area contributed by atoms with Crippen LogP contribution in [0.3, 0.4) is 0 Å². The maximum absolute atomic E-state index is 11.8. The first-order valence-corrected chi connectivity index (χ1v) is 8.35. The predicted octanol–water partition coefficient (Wildman–Crippen LogP) is 6.06. The van der Waals surface area contributed by atoms with Crippen molar-refractivity contribution in [2.24, 2.45) is 11.3 Å². The highest BCUT2D eigenvalue weighted by Crippen LogP contribution is 2.21. The Hall–Kier alpha value is -1.57. The molecule has 0 aromatic heterocycles. The molecule has 1 N–H and O–H groups in total. The number of nitrogens with one attached hydrogen (secondary N) is 1. The zero-order valence-electron chi connectivity index (χ0n) is 15.1. The van der Waals surface area contributed by atoms with E-state index in [1.807, 2.05) is 51.1 Å². The third kappa shape index (κ3) is 8.66. The van der Waals surface area contributed by atoms with Gasteiger partial charge < -0.3 is 5.32 Å². The van der Waals surface area contributed by atoms with Gasteiger partial charge in [0.25, 0.3) is 0 Å². The summed E-state index contributed by atoms with van der Waals surface area (Å²) in [6, 6.07) is 9.54.